The molecule has 9 nitrogen and oxygen atoms in total. The fraction of sp³-hybridized carbons (Fsp3) is 0.452. The summed E-state index contributed by atoms with van der Waals surface area (Å²) in [4.78, 5) is 27.6. The highest BCUT2D eigenvalue weighted by atomic mass is 19.4. The highest BCUT2D eigenvalue weighted by molar-refractivity contribution is 6.01. The number of carbonyl (C=O) groups is 1. The minimum Gasteiger partial charge on any atom is -0.437 e. The number of anilines is 2. The molecule has 2 unspecified atom stereocenters. The average molecular weight is 674 g/mol. The van der Waals surface area contributed by atoms with Gasteiger partial charge in [0.15, 0.2) is 0 Å². The minimum atomic E-state index is -5.14. The topological polar surface area (TPSA) is 99.8 Å². The molecular weight excluding hydrogens is 635 g/mol. The number of amides is 1. The third kappa shape index (κ3) is 9.98. The lowest BCUT2D eigenvalue weighted by Gasteiger charge is -2.36. The third-order valence-corrected chi connectivity index (χ3v) is 7.24. The molecule has 0 radical (unpaired) electrons. The quantitative estimate of drug-likeness (QED) is 0.226. The maximum Gasteiger partial charge on any atom is 0.416 e. The van der Waals surface area contributed by atoms with Gasteiger partial charge in [0, 0.05) is 32.7 Å². The van der Waals surface area contributed by atoms with Crippen molar-refractivity contribution < 1.29 is 40.3 Å². The Hall–Kier alpha value is -4.02. The molecule has 2 atom stereocenters. The Morgan fingerprint density at radius 3 is 1.98 bits per heavy atom. The molecule has 0 fully saturated rings. The van der Waals surface area contributed by atoms with Gasteiger partial charge in [-0.1, -0.05) is 0 Å². The van der Waals surface area contributed by atoms with Gasteiger partial charge in [-0.3, -0.25) is 4.79 Å². The monoisotopic (exact) mass is 673 g/mol. The number of carbonyl (C=O) groups excluding carboxylic acids is 1. The first kappa shape index (κ1) is 37.4. The van der Waals surface area contributed by atoms with E-state index in [0.717, 1.165) is 17.0 Å². The second kappa shape index (κ2) is 14.8. The lowest BCUT2D eigenvalue weighted by Crippen LogP contribution is -2.49. The van der Waals surface area contributed by atoms with Crippen LogP contribution in [0.3, 0.4) is 0 Å². The van der Waals surface area contributed by atoms with Crippen LogP contribution in [-0.2, 0) is 22.6 Å². The Morgan fingerprint density at radius 1 is 0.915 bits per heavy atom. The van der Waals surface area contributed by atoms with Crippen molar-refractivity contribution in [3.05, 3.63) is 71.2 Å². The molecule has 1 amide bonds. The second-order valence-corrected chi connectivity index (χ2v) is 11.9. The summed E-state index contributed by atoms with van der Waals surface area (Å²) in [5, 5.41) is 3.01. The van der Waals surface area contributed by atoms with Gasteiger partial charge in [-0.05, 0) is 89.6 Å². The summed E-state index contributed by atoms with van der Waals surface area (Å²) in [6, 6.07) is 5.13. The zero-order chi connectivity index (χ0) is 35.3. The molecule has 0 saturated heterocycles. The normalized spacial score (nSPS) is 14.2. The molecule has 47 heavy (non-hydrogen) atoms. The van der Waals surface area contributed by atoms with E-state index in [4.69, 9.17) is 10.5 Å². The predicted molar refractivity (Wildman–Crippen MR) is 164 cm³/mol. The number of nitrogens with zero attached hydrogens (tertiary/aromatic N) is 5. The summed E-state index contributed by atoms with van der Waals surface area (Å²) in [5.74, 6) is -1.38. The molecule has 1 heterocycles. The number of benzene rings is 2. The van der Waals surface area contributed by atoms with Gasteiger partial charge in [0.2, 0.25) is 17.7 Å². The molecule has 16 heteroatoms. The number of nitrogens with two attached hydrogens (primary N) is 1. The summed E-state index contributed by atoms with van der Waals surface area (Å²) in [6.45, 7) is 2.46. The van der Waals surface area contributed by atoms with Crippen LogP contribution < -0.4 is 20.7 Å². The standard InChI is InChI=1S/C31H38F7N7O2/c1-29(16-23(39)18-44(4)5,19-13-20(30(33,34)35)15-21(14-19)31(36,37)38)27(46)45(6)25-17-41-28(40-11-12-43(2)3)42-26(25)47-24-9-7-22(32)8-10-24/h7-10,13-15,17,23H,11-12,16,18,39H2,1-6H3,(H,40,41,42). The van der Waals surface area contributed by atoms with Crippen LogP contribution in [0.15, 0.2) is 48.7 Å². The summed E-state index contributed by atoms with van der Waals surface area (Å²) in [6.07, 6.45) is -9.38. The highest BCUT2D eigenvalue weighted by Gasteiger charge is 2.44. The van der Waals surface area contributed by atoms with Gasteiger partial charge in [-0.15, -0.1) is 0 Å². The number of rotatable bonds is 13. The Morgan fingerprint density at radius 2 is 1.47 bits per heavy atom. The van der Waals surface area contributed by atoms with Crippen LogP contribution in [-0.4, -0.2) is 86.6 Å². The van der Waals surface area contributed by atoms with Crippen molar-refractivity contribution in [2.24, 2.45) is 5.73 Å². The second-order valence-electron chi connectivity index (χ2n) is 11.9. The van der Waals surface area contributed by atoms with Crippen LogP contribution in [0.4, 0.5) is 42.4 Å². The third-order valence-electron chi connectivity index (χ3n) is 7.24. The van der Waals surface area contributed by atoms with Crippen molar-refractivity contribution in [3.8, 4) is 11.6 Å². The molecule has 0 aliphatic heterocycles. The summed E-state index contributed by atoms with van der Waals surface area (Å²) >= 11 is 0. The summed E-state index contributed by atoms with van der Waals surface area (Å²) < 4.78 is 103. The van der Waals surface area contributed by atoms with Gasteiger partial charge in [0.1, 0.15) is 17.3 Å². The summed E-state index contributed by atoms with van der Waals surface area (Å²) in [5.41, 5.74) is 0.563. The van der Waals surface area contributed by atoms with Crippen molar-refractivity contribution in [2.45, 2.75) is 37.2 Å². The molecule has 0 aliphatic rings. The first-order valence-electron chi connectivity index (χ1n) is 14.4. The number of hydrogen-bond acceptors (Lipinski definition) is 8. The molecule has 0 bridgehead atoms. The van der Waals surface area contributed by atoms with Gasteiger partial charge >= 0.3 is 12.4 Å². The molecule has 258 valence electrons. The van der Waals surface area contributed by atoms with E-state index < -0.39 is 52.2 Å². The van der Waals surface area contributed by atoms with Gasteiger partial charge in [-0.25, -0.2) is 9.37 Å². The van der Waals surface area contributed by atoms with Crippen molar-refractivity contribution in [1.82, 2.24) is 19.8 Å². The lowest BCUT2D eigenvalue weighted by atomic mass is 9.74. The minimum absolute atomic E-state index is 0.00235. The smallest absolute Gasteiger partial charge is 0.416 e. The molecule has 1 aromatic heterocycles. The molecule has 3 rings (SSSR count). The number of alkyl halides is 6. The lowest BCUT2D eigenvalue weighted by molar-refractivity contribution is -0.143. The van der Waals surface area contributed by atoms with E-state index in [1.54, 1.807) is 19.0 Å². The largest absolute Gasteiger partial charge is 0.437 e. The first-order valence-corrected chi connectivity index (χ1v) is 14.4. The van der Waals surface area contributed by atoms with Crippen molar-refractivity contribution in [1.29, 1.82) is 0 Å². The average Bonchev–Trinajstić information content (AvgIpc) is 2.96. The van der Waals surface area contributed by atoms with Crippen molar-refractivity contribution in [3.63, 3.8) is 0 Å². The fourth-order valence-corrected chi connectivity index (χ4v) is 4.90. The Balaban J connectivity index is 2.18. The van der Waals surface area contributed by atoms with E-state index in [-0.39, 0.29) is 42.3 Å². The molecule has 2 aromatic carbocycles. The van der Waals surface area contributed by atoms with Crippen LogP contribution in [0.5, 0.6) is 11.6 Å². The molecule has 3 N–H and O–H groups in total. The van der Waals surface area contributed by atoms with Gasteiger partial charge in [-0.2, -0.15) is 31.3 Å². The maximum absolute atomic E-state index is 14.4. The SMILES string of the molecule is CN(C)CCNc1ncc(N(C)C(=O)C(C)(CC(N)CN(C)C)c2cc(C(F)(F)F)cc(C(F)(F)F)c2)c(Oc2ccc(F)cc2)n1. The highest BCUT2D eigenvalue weighted by Crippen LogP contribution is 2.42. The number of halogens is 7. The van der Waals surface area contributed by atoms with E-state index >= 15 is 0 Å². The van der Waals surface area contributed by atoms with Crippen LogP contribution in [0.1, 0.15) is 30.0 Å². The maximum atomic E-state index is 14.4. The summed E-state index contributed by atoms with van der Waals surface area (Å²) in [7, 11) is 8.35. The Kier molecular flexibility index (Phi) is 11.8. The molecule has 0 spiro atoms. The molecule has 3 aromatic rings. The zero-order valence-corrected chi connectivity index (χ0v) is 26.8. The number of hydrogen-bond donors (Lipinski definition) is 2. The van der Waals surface area contributed by atoms with Crippen molar-refractivity contribution >= 4 is 17.5 Å². The number of likely N-dealkylation sites (N-methyl/N-ethyl adjacent to an activating group) is 3. The van der Waals surface area contributed by atoms with Gasteiger partial charge in [0.05, 0.1) is 22.7 Å². The fourth-order valence-electron chi connectivity index (χ4n) is 4.90. The number of nitrogens with one attached hydrogen (secondary N) is 1. The van der Waals surface area contributed by atoms with E-state index in [0.29, 0.717) is 25.2 Å². The molecule has 0 aliphatic carbocycles. The van der Waals surface area contributed by atoms with Crippen LogP contribution >= 0.6 is 0 Å². The molecular formula is C31H38F7N7O2. The number of aromatic nitrogens is 2. The van der Waals surface area contributed by atoms with Crippen LogP contribution in [0.25, 0.3) is 0 Å². The van der Waals surface area contributed by atoms with E-state index in [1.807, 2.05) is 19.0 Å². The Labute approximate surface area is 268 Å². The zero-order valence-electron chi connectivity index (χ0n) is 26.8. The van der Waals surface area contributed by atoms with E-state index in [9.17, 15) is 35.5 Å². The predicted octanol–water partition coefficient (Wildman–Crippen LogP) is 5.62. The first-order chi connectivity index (χ1) is 21.7. The Bertz CT molecular complexity index is 1480. The molecule has 0 saturated carbocycles. The van der Waals surface area contributed by atoms with Crippen LogP contribution in [0, 0.1) is 5.82 Å². The van der Waals surface area contributed by atoms with Gasteiger partial charge < -0.3 is 30.5 Å². The van der Waals surface area contributed by atoms with E-state index in [2.05, 4.69) is 15.3 Å². The number of ether oxygens (including phenoxy) is 1. The van der Waals surface area contributed by atoms with Crippen molar-refractivity contribution in [2.75, 3.05) is 65.1 Å². The van der Waals surface area contributed by atoms with E-state index in [1.165, 1.54) is 32.3 Å². The van der Waals surface area contributed by atoms with Gasteiger partial charge in [0.25, 0.3) is 0 Å². The van der Waals surface area contributed by atoms with Crippen LogP contribution in [0.2, 0.25) is 0 Å².